The van der Waals surface area contributed by atoms with Gasteiger partial charge in [0, 0.05) is 25.2 Å². The predicted octanol–water partition coefficient (Wildman–Crippen LogP) is 2.10. The highest BCUT2D eigenvalue weighted by Gasteiger charge is 2.30. The molecule has 1 amide bonds. The van der Waals surface area contributed by atoms with Crippen LogP contribution in [-0.2, 0) is 4.74 Å². The quantitative estimate of drug-likeness (QED) is 0.837. The standard InChI is InChI=1S/C16H31N3O2/c1-16(2,3)21-15(20)19-8-7-12(11-19)10-18-14-6-4-5-13(17)9-14/h12-14,18H,4-11,17H2,1-3H3. The second-order valence-electron chi connectivity index (χ2n) is 7.61. The number of carbonyl (C=O) groups excluding carboxylic acids is 1. The molecule has 1 heterocycles. The van der Waals surface area contributed by atoms with Crippen molar-refractivity contribution in [3.63, 3.8) is 0 Å². The van der Waals surface area contributed by atoms with Crippen LogP contribution in [0.5, 0.6) is 0 Å². The summed E-state index contributed by atoms with van der Waals surface area (Å²) in [6.07, 6.45) is 5.59. The first-order chi connectivity index (χ1) is 9.83. The lowest BCUT2D eigenvalue weighted by atomic mass is 9.91. The van der Waals surface area contributed by atoms with E-state index in [1.807, 2.05) is 25.7 Å². The molecule has 5 heteroatoms. The van der Waals surface area contributed by atoms with Crippen molar-refractivity contribution < 1.29 is 9.53 Å². The molecule has 1 saturated carbocycles. The number of nitrogens with zero attached hydrogens (tertiary/aromatic N) is 1. The Hall–Kier alpha value is -0.810. The zero-order chi connectivity index (χ0) is 15.5. The van der Waals surface area contributed by atoms with E-state index >= 15 is 0 Å². The van der Waals surface area contributed by atoms with Gasteiger partial charge < -0.3 is 20.7 Å². The van der Waals surface area contributed by atoms with Crippen LogP contribution in [0.25, 0.3) is 0 Å². The zero-order valence-electron chi connectivity index (χ0n) is 13.7. The molecule has 2 rings (SSSR count). The lowest BCUT2D eigenvalue weighted by Gasteiger charge is -2.28. The van der Waals surface area contributed by atoms with Crippen molar-refractivity contribution in [3.05, 3.63) is 0 Å². The van der Waals surface area contributed by atoms with E-state index in [-0.39, 0.29) is 6.09 Å². The number of hydrogen-bond donors (Lipinski definition) is 2. The third kappa shape index (κ3) is 5.47. The molecule has 0 aromatic carbocycles. The van der Waals surface area contributed by atoms with E-state index in [0.29, 0.717) is 18.0 Å². The fraction of sp³-hybridized carbons (Fsp3) is 0.938. The zero-order valence-corrected chi connectivity index (χ0v) is 13.7. The van der Waals surface area contributed by atoms with Crippen LogP contribution in [0.1, 0.15) is 52.9 Å². The molecule has 0 aromatic rings. The largest absolute Gasteiger partial charge is 0.444 e. The molecule has 3 atom stereocenters. The van der Waals surface area contributed by atoms with Crippen LogP contribution in [0.15, 0.2) is 0 Å². The van der Waals surface area contributed by atoms with Gasteiger partial charge in [-0.25, -0.2) is 4.79 Å². The smallest absolute Gasteiger partial charge is 0.410 e. The minimum absolute atomic E-state index is 0.176. The highest BCUT2D eigenvalue weighted by molar-refractivity contribution is 5.68. The maximum absolute atomic E-state index is 12.0. The molecular weight excluding hydrogens is 266 g/mol. The highest BCUT2D eigenvalue weighted by atomic mass is 16.6. The molecule has 2 fully saturated rings. The third-order valence-electron chi connectivity index (χ3n) is 4.35. The van der Waals surface area contributed by atoms with Crippen LogP contribution < -0.4 is 11.1 Å². The van der Waals surface area contributed by atoms with Gasteiger partial charge in [-0.3, -0.25) is 0 Å². The fourth-order valence-electron chi connectivity index (χ4n) is 3.24. The van der Waals surface area contributed by atoms with Gasteiger partial charge in [-0.15, -0.1) is 0 Å². The van der Waals surface area contributed by atoms with Gasteiger partial charge in [0.05, 0.1) is 0 Å². The summed E-state index contributed by atoms with van der Waals surface area (Å²) in [4.78, 5) is 13.9. The monoisotopic (exact) mass is 297 g/mol. The van der Waals surface area contributed by atoms with Crippen molar-refractivity contribution in [1.82, 2.24) is 10.2 Å². The van der Waals surface area contributed by atoms with E-state index in [2.05, 4.69) is 5.32 Å². The molecule has 1 saturated heterocycles. The van der Waals surface area contributed by atoms with Crippen LogP contribution in [0.2, 0.25) is 0 Å². The summed E-state index contributed by atoms with van der Waals surface area (Å²) < 4.78 is 5.43. The summed E-state index contributed by atoms with van der Waals surface area (Å²) in [5.74, 6) is 0.538. The Morgan fingerprint density at radius 3 is 2.76 bits per heavy atom. The Balaban J connectivity index is 1.69. The first-order valence-electron chi connectivity index (χ1n) is 8.30. The summed E-state index contributed by atoms with van der Waals surface area (Å²) in [5, 5.41) is 3.64. The Morgan fingerprint density at radius 1 is 1.33 bits per heavy atom. The van der Waals surface area contributed by atoms with Gasteiger partial charge in [-0.05, 0) is 58.9 Å². The van der Waals surface area contributed by atoms with E-state index in [1.54, 1.807) is 0 Å². The lowest BCUT2D eigenvalue weighted by Crippen LogP contribution is -2.42. The molecule has 122 valence electrons. The summed E-state index contributed by atoms with van der Waals surface area (Å²) in [6.45, 7) is 8.33. The van der Waals surface area contributed by atoms with E-state index in [4.69, 9.17) is 10.5 Å². The summed E-state index contributed by atoms with van der Waals surface area (Å²) >= 11 is 0. The predicted molar refractivity (Wildman–Crippen MR) is 84.1 cm³/mol. The van der Waals surface area contributed by atoms with E-state index in [0.717, 1.165) is 38.9 Å². The van der Waals surface area contributed by atoms with Crippen molar-refractivity contribution >= 4 is 6.09 Å². The van der Waals surface area contributed by atoms with Gasteiger partial charge in [0.2, 0.25) is 0 Å². The number of likely N-dealkylation sites (tertiary alicyclic amines) is 1. The molecule has 0 radical (unpaired) electrons. The number of nitrogens with one attached hydrogen (secondary N) is 1. The minimum atomic E-state index is -0.411. The number of carbonyl (C=O) groups is 1. The lowest BCUT2D eigenvalue weighted by molar-refractivity contribution is 0.0288. The van der Waals surface area contributed by atoms with Gasteiger partial charge in [-0.1, -0.05) is 6.42 Å². The molecule has 1 aliphatic carbocycles. The molecule has 3 unspecified atom stereocenters. The molecule has 21 heavy (non-hydrogen) atoms. The average molecular weight is 297 g/mol. The molecule has 0 bridgehead atoms. The average Bonchev–Trinajstić information content (AvgIpc) is 2.83. The molecule has 0 spiro atoms. The van der Waals surface area contributed by atoms with Crippen molar-refractivity contribution in [2.24, 2.45) is 11.7 Å². The van der Waals surface area contributed by atoms with Crippen LogP contribution in [0.3, 0.4) is 0 Å². The van der Waals surface area contributed by atoms with Crippen LogP contribution in [-0.4, -0.2) is 48.3 Å². The van der Waals surface area contributed by atoms with Gasteiger partial charge >= 0.3 is 6.09 Å². The Bertz CT molecular complexity index is 354. The van der Waals surface area contributed by atoms with Gasteiger partial charge in [0.15, 0.2) is 0 Å². The number of hydrogen-bond acceptors (Lipinski definition) is 4. The number of amides is 1. The summed E-state index contributed by atoms with van der Waals surface area (Å²) in [6, 6.07) is 0.919. The van der Waals surface area contributed by atoms with E-state index in [1.165, 1.54) is 12.8 Å². The first kappa shape index (κ1) is 16.6. The number of ether oxygens (including phenoxy) is 1. The summed E-state index contributed by atoms with van der Waals surface area (Å²) in [7, 11) is 0. The Kier molecular flexibility index (Phi) is 5.49. The van der Waals surface area contributed by atoms with Crippen molar-refractivity contribution in [1.29, 1.82) is 0 Å². The molecule has 1 aliphatic heterocycles. The van der Waals surface area contributed by atoms with E-state index in [9.17, 15) is 4.79 Å². The molecule has 5 nitrogen and oxygen atoms in total. The van der Waals surface area contributed by atoms with Crippen LogP contribution in [0, 0.1) is 5.92 Å². The topological polar surface area (TPSA) is 67.6 Å². The Morgan fingerprint density at radius 2 is 2.10 bits per heavy atom. The maximum Gasteiger partial charge on any atom is 0.410 e. The van der Waals surface area contributed by atoms with Crippen molar-refractivity contribution in [2.75, 3.05) is 19.6 Å². The SMILES string of the molecule is CC(C)(C)OC(=O)N1CCC(CNC2CCCC(N)C2)C1. The second kappa shape index (κ2) is 6.97. The van der Waals surface area contributed by atoms with Crippen LogP contribution in [0.4, 0.5) is 4.79 Å². The van der Waals surface area contributed by atoms with Crippen molar-refractivity contribution in [2.45, 2.75) is 70.6 Å². The molecule has 2 aliphatic rings. The molecular formula is C16H31N3O2. The number of nitrogens with two attached hydrogens (primary N) is 1. The third-order valence-corrected chi connectivity index (χ3v) is 4.35. The molecule has 0 aromatic heterocycles. The van der Waals surface area contributed by atoms with E-state index < -0.39 is 5.60 Å². The van der Waals surface area contributed by atoms with Gasteiger partial charge in [0.1, 0.15) is 5.60 Å². The summed E-state index contributed by atoms with van der Waals surface area (Å²) in [5.41, 5.74) is 5.61. The van der Waals surface area contributed by atoms with Gasteiger partial charge in [-0.2, -0.15) is 0 Å². The molecule has 3 N–H and O–H groups in total. The normalized spacial score (nSPS) is 30.5. The van der Waals surface area contributed by atoms with Gasteiger partial charge in [0.25, 0.3) is 0 Å². The fourth-order valence-corrected chi connectivity index (χ4v) is 3.24. The maximum atomic E-state index is 12.0. The van der Waals surface area contributed by atoms with Crippen molar-refractivity contribution in [3.8, 4) is 0 Å². The van der Waals surface area contributed by atoms with Crippen LogP contribution >= 0.6 is 0 Å². The Labute approximate surface area is 128 Å². The second-order valence-corrected chi connectivity index (χ2v) is 7.61. The number of rotatable bonds is 3. The minimum Gasteiger partial charge on any atom is -0.444 e. The first-order valence-corrected chi connectivity index (χ1v) is 8.30. The highest BCUT2D eigenvalue weighted by Crippen LogP contribution is 2.21.